The summed E-state index contributed by atoms with van der Waals surface area (Å²) in [6, 6.07) is 94.7. The maximum atomic E-state index is 15.5. The van der Waals surface area contributed by atoms with Crippen LogP contribution >= 0.6 is 0 Å². The highest BCUT2D eigenvalue weighted by Crippen LogP contribution is 2.44. The van der Waals surface area contributed by atoms with Crippen LogP contribution in [-0.2, 0) is 62.4 Å². The van der Waals surface area contributed by atoms with Crippen molar-refractivity contribution >= 4 is 39.5 Å². The Balaban J connectivity index is 0.669. The van der Waals surface area contributed by atoms with Gasteiger partial charge < -0.3 is 61.5 Å². The normalized spacial score (nSPS) is 12.8. The van der Waals surface area contributed by atoms with E-state index in [4.69, 9.17) is 56.2 Å². The Hall–Kier alpha value is -14.1. The van der Waals surface area contributed by atoms with E-state index >= 15 is 9.59 Å². The summed E-state index contributed by atoms with van der Waals surface area (Å²) in [5.41, 5.74) is 8.18. The van der Waals surface area contributed by atoms with Crippen molar-refractivity contribution < 1.29 is 65.8 Å². The van der Waals surface area contributed by atoms with Gasteiger partial charge in [-0.3, -0.25) is 19.2 Å². The predicted octanol–water partition coefficient (Wildman–Crippen LogP) is 20.9. The number of ether oxygens (including phenoxy) is 10. The predicted molar refractivity (Wildman–Crippen MR) is 454 cm³/mol. The first-order valence-corrected chi connectivity index (χ1v) is 39.7. The second kappa shape index (κ2) is 39.8. The van der Waals surface area contributed by atoms with Crippen molar-refractivity contribution in [3.8, 4) is 80.1 Å². The zero-order valence-electron chi connectivity index (χ0n) is 65.2. The van der Waals surface area contributed by atoms with Gasteiger partial charge in [-0.1, -0.05) is 249 Å². The largest absolute Gasteiger partial charge is 0.489 e. The van der Waals surface area contributed by atoms with Gasteiger partial charge in [-0.2, -0.15) is 0 Å². The molecule has 0 unspecified atom stereocenters. The van der Waals surface area contributed by atoms with Gasteiger partial charge in [-0.05, 0) is 113 Å². The Labute approximate surface area is 683 Å². The highest BCUT2D eigenvalue weighted by atomic mass is 16.5. The van der Waals surface area contributed by atoms with Crippen molar-refractivity contribution in [2.24, 2.45) is 4.99 Å². The summed E-state index contributed by atoms with van der Waals surface area (Å²) in [7, 11) is 0. The van der Waals surface area contributed by atoms with Gasteiger partial charge in [-0.15, -0.1) is 0 Å². The highest BCUT2D eigenvalue weighted by molar-refractivity contribution is 6.01. The quantitative estimate of drug-likeness (QED) is 0.0359. The van der Waals surface area contributed by atoms with Crippen molar-refractivity contribution in [2.45, 2.75) is 110 Å². The number of nitrogens with one attached hydrogen (secondary N) is 1. The number of carbonyl (C=O) groups excluding carboxylic acids is 2. The van der Waals surface area contributed by atoms with E-state index in [1.807, 2.05) is 243 Å². The van der Waals surface area contributed by atoms with E-state index in [9.17, 15) is 9.59 Å². The van der Waals surface area contributed by atoms with Gasteiger partial charge in [0.1, 0.15) is 97.8 Å². The third-order valence-electron chi connectivity index (χ3n) is 19.9. The molecule has 2 aromatic heterocycles. The topological polar surface area (TPSA) is 211 Å². The van der Waals surface area contributed by atoms with Crippen LogP contribution in [0.3, 0.4) is 0 Å². The summed E-state index contributed by atoms with van der Waals surface area (Å²) in [6.45, 7) is 1.50. The fourth-order valence-electron chi connectivity index (χ4n) is 13.8. The average molecular weight is 1570 g/mol. The number of hydrogen-bond donors (Lipinski definition) is 1. The number of amides is 2. The third kappa shape index (κ3) is 21.2. The highest BCUT2D eigenvalue weighted by Gasteiger charge is 2.28. The van der Waals surface area contributed by atoms with E-state index in [0.717, 1.165) is 57.3 Å². The summed E-state index contributed by atoms with van der Waals surface area (Å²) in [5.74, 6) is 2.21. The van der Waals surface area contributed by atoms with Crippen molar-refractivity contribution in [3.63, 3.8) is 0 Å². The molecule has 0 aliphatic heterocycles. The Morgan fingerprint density at radius 1 is 0.339 bits per heavy atom. The number of hydrogen-bond acceptors (Lipinski definition) is 16. The first-order chi connectivity index (χ1) is 58.1. The van der Waals surface area contributed by atoms with Gasteiger partial charge in [0.05, 0.1) is 19.3 Å². The molecule has 15 rings (SSSR count). The molecule has 14 aromatic rings. The summed E-state index contributed by atoms with van der Waals surface area (Å²) in [6.07, 6.45) is 2.94. The molecule has 18 nitrogen and oxygen atoms in total. The van der Waals surface area contributed by atoms with E-state index in [1.165, 1.54) is 0 Å². The van der Waals surface area contributed by atoms with Gasteiger partial charge in [0.15, 0.2) is 34.5 Å². The molecule has 1 aliphatic carbocycles. The van der Waals surface area contributed by atoms with Crippen LogP contribution in [0.25, 0.3) is 44.6 Å². The first-order valence-electron chi connectivity index (χ1n) is 39.7. The van der Waals surface area contributed by atoms with Crippen molar-refractivity contribution in [2.75, 3.05) is 13.2 Å². The SMILES string of the molecule is O=C(CCCOc1c(-c2ccc(OCc3ccccc3)c(OCc3ccccc3)c2)oc2cc(OCc3ccccc3)cc(OCc3ccccc3)c2c1=O)/N=C1\CCCC[C@@H]1NC(=O)CCCOc1c(-c2ccc(OCc3ccccc3)c(OCc3ccccc3)c2)oc2cc(OCc3ccccc3)cc(OCc3ccccc3)c2c1=O. The van der Waals surface area contributed by atoms with E-state index in [2.05, 4.69) is 10.3 Å². The van der Waals surface area contributed by atoms with Gasteiger partial charge in [-0.25, -0.2) is 4.99 Å². The number of benzene rings is 12. The first kappa shape index (κ1) is 79.1. The Morgan fingerprint density at radius 2 is 0.661 bits per heavy atom. The molecule has 0 spiro atoms. The van der Waals surface area contributed by atoms with E-state index in [1.54, 1.807) is 60.7 Å². The molecule has 12 aromatic carbocycles. The molecule has 0 radical (unpaired) electrons. The molecule has 0 bridgehead atoms. The van der Waals surface area contributed by atoms with Crippen LogP contribution in [0.15, 0.2) is 327 Å². The van der Waals surface area contributed by atoms with E-state index < -0.39 is 22.8 Å². The summed E-state index contributed by atoms with van der Waals surface area (Å²) in [5, 5.41) is 3.41. The monoisotopic (exact) mass is 1570 g/mol. The van der Waals surface area contributed by atoms with Crippen LogP contribution in [-0.4, -0.2) is 36.8 Å². The van der Waals surface area contributed by atoms with Gasteiger partial charge in [0, 0.05) is 53.9 Å². The van der Waals surface area contributed by atoms with Crippen LogP contribution in [0.1, 0.15) is 95.9 Å². The van der Waals surface area contributed by atoms with Gasteiger partial charge in [0.25, 0.3) is 0 Å². The fourth-order valence-corrected chi connectivity index (χ4v) is 13.8. The molecule has 18 heteroatoms. The summed E-state index contributed by atoms with van der Waals surface area (Å²) in [4.78, 5) is 63.9. The fraction of sp³-hybridized carbons (Fsp3) is 0.190. The standard InChI is InChI=1S/C100H88N2O16/c103-91(47-27-53-107-99-95(105)93-87(115-67-75-41-21-7-22-42-75)57-79(109-61-69-29-9-1-10-30-69)59-89(93)117-97(99)77-49-51-83(111-63-71-33-13-3-14-34-71)85(55-77)113-65-73-37-17-5-18-38-73)101-81-45-25-26-46-82(81)102-92(104)48-28-54-108-100-96(106)94-88(116-68-76-43-23-8-24-44-76)58-80(110-62-70-31-11-2-12-32-70)60-90(94)118-98(100)78-50-52-84(112-64-72-35-15-4-16-36-72)86(56-78)114-66-74-39-19-6-20-40-74/h1-24,29-44,49-52,55-60,81H,25-28,45-48,53-54,61-68H2,(H,101,103)/b102-82+/t81-/m0/s1. The number of aliphatic imine (C=N–C) groups is 1. The number of fused-ring (bicyclic) bond motifs is 2. The molecule has 0 saturated heterocycles. The lowest BCUT2D eigenvalue weighted by Gasteiger charge is -2.25. The number of carbonyl (C=O) groups is 2. The maximum absolute atomic E-state index is 15.5. The van der Waals surface area contributed by atoms with Gasteiger partial charge >= 0.3 is 0 Å². The third-order valence-corrected chi connectivity index (χ3v) is 19.9. The molecule has 1 fully saturated rings. The summed E-state index contributed by atoms with van der Waals surface area (Å²) < 4.78 is 78.6. The van der Waals surface area contributed by atoms with E-state index in [0.29, 0.717) is 64.2 Å². The zero-order chi connectivity index (χ0) is 80.5. The average Bonchev–Trinajstić information content (AvgIpc) is 0.759. The molecule has 2 amide bonds. The van der Waals surface area contributed by atoms with Crippen LogP contribution in [0.5, 0.6) is 57.5 Å². The zero-order valence-corrected chi connectivity index (χ0v) is 65.2. The minimum Gasteiger partial charge on any atom is -0.489 e. The van der Waals surface area contributed by atoms with Crippen LogP contribution in [0, 0.1) is 0 Å². The lowest BCUT2D eigenvalue weighted by Crippen LogP contribution is -2.43. The molecular formula is C100H88N2O16. The van der Waals surface area contributed by atoms with Crippen LogP contribution in [0.2, 0.25) is 0 Å². The summed E-state index contributed by atoms with van der Waals surface area (Å²) >= 11 is 0. The van der Waals surface area contributed by atoms with Crippen LogP contribution < -0.4 is 63.5 Å². The molecule has 118 heavy (non-hydrogen) atoms. The smallest absolute Gasteiger partial charge is 0.245 e. The lowest BCUT2D eigenvalue weighted by molar-refractivity contribution is -0.122. The Morgan fingerprint density at radius 3 is 1.02 bits per heavy atom. The number of rotatable bonds is 37. The molecule has 1 atom stereocenters. The minimum absolute atomic E-state index is 0.00455. The van der Waals surface area contributed by atoms with Gasteiger partial charge in [0.2, 0.25) is 34.2 Å². The van der Waals surface area contributed by atoms with Crippen molar-refractivity contribution in [1.82, 2.24) is 5.32 Å². The lowest BCUT2D eigenvalue weighted by atomic mass is 9.93. The molecule has 1 N–H and O–H groups in total. The van der Waals surface area contributed by atoms with Crippen molar-refractivity contribution in [3.05, 3.63) is 368 Å². The second-order valence-corrected chi connectivity index (χ2v) is 28.6. The maximum Gasteiger partial charge on any atom is 0.245 e. The van der Waals surface area contributed by atoms with Crippen molar-refractivity contribution in [1.29, 1.82) is 0 Å². The second-order valence-electron chi connectivity index (χ2n) is 28.6. The Kier molecular flexibility index (Phi) is 26.7. The molecule has 1 saturated carbocycles. The van der Waals surface area contributed by atoms with E-state index in [-0.39, 0.29) is 154 Å². The molecular weight excluding hydrogens is 1490 g/mol. The minimum atomic E-state index is -0.516. The molecule has 2 heterocycles. The Bertz CT molecular complexity index is 5840. The van der Waals surface area contributed by atoms with Crippen LogP contribution in [0.4, 0.5) is 0 Å². The molecule has 594 valence electrons. The number of nitrogens with zero attached hydrogens (tertiary/aromatic N) is 1. The molecule has 1 aliphatic rings.